The summed E-state index contributed by atoms with van der Waals surface area (Å²) in [5.74, 6) is -1.03. The third kappa shape index (κ3) is 7.04. The third-order valence-electron chi connectivity index (χ3n) is 2.49. The van der Waals surface area contributed by atoms with Crippen LogP contribution in [0.15, 0.2) is 29.2 Å². The van der Waals surface area contributed by atoms with Crippen molar-refractivity contribution in [3.05, 3.63) is 24.3 Å². The summed E-state index contributed by atoms with van der Waals surface area (Å²) in [4.78, 5) is 13.6. The van der Waals surface area contributed by atoms with E-state index in [1.165, 1.54) is 24.1 Å². The van der Waals surface area contributed by atoms with E-state index in [2.05, 4.69) is 5.32 Å². The molecule has 22 heavy (non-hydrogen) atoms. The highest BCUT2D eigenvalue weighted by Gasteiger charge is 2.28. The normalized spacial score (nSPS) is 12.1. The van der Waals surface area contributed by atoms with Gasteiger partial charge in [-0.2, -0.15) is 13.2 Å². The molecule has 1 aromatic rings. The van der Waals surface area contributed by atoms with Crippen molar-refractivity contribution in [2.45, 2.75) is 30.5 Å². The van der Waals surface area contributed by atoms with E-state index >= 15 is 0 Å². The number of amides is 2. The average Bonchev–Trinajstić information content (AvgIpc) is 2.34. The van der Waals surface area contributed by atoms with Crippen LogP contribution in [0, 0.1) is 0 Å². The Morgan fingerprint density at radius 2 is 1.91 bits per heavy atom. The summed E-state index contributed by atoms with van der Waals surface area (Å²) >= 11 is 0.613. The van der Waals surface area contributed by atoms with Crippen LogP contribution < -0.4 is 5.32 Å². The quantitative estimate of drug-likeness (QED) is 0.808. The van der Waals surface area contributed by atoms with Crippen LogP contribution in [0.2, 0.25) is 0 Å². The largest absolute Gasteiger partial charge is 0.398 e. The Morgan fingerprint density at radius 1 is 1.32 bits per heavy atom. The molecule has 124 valence electrons. The second-order valence-corrected chi connectivity index (χ2v) is 6.52. The number of nitrogens with zero attached hydrogens (tertiary/aromatic N) is 1. The van der Waals surface area contributed by atoms with E-state index in [0.29, 0.717) is 22.3 Å². The fraction of sp³-hybridized carbons (Fsp3) is 0.500. The maximum Gasteiger partial charge on any atom is 0.398 e. The second-order valence-electron chi connectivity index (χ2n) is 5.50. The summed E-state index contributed by atoms with van der Waals surface area (Å²) in [6.45, 7) is 3.21. The van der Waals surface area contributed by atoms with E-state index in [-0.39, 0.29) is 6.54 Å². The third-order valence-corrected chi connectivity index (χ3v) is 3.63. The number of benzene rings is 1. The molecule has 0 spiro atoms. The van der Waals surface area contributed by atoms with Gasteiger partial charge in [-0.25, -0.2) is 4.79 Å². The van der Waals surface area contributed by atoms with Gasteiger partial charge in [0.25, 0.3) is 0 Å². The number of alkyl halides is 3. The number of aliphatic hydroxyl groups is 1. The van der Waals surface area contributed by atoms with E-state index in [9.17, 15) is 23.1 Å². The Bertz CT molecular complexity index is 516. The molecule has 4 nitrogen and oxygen atoms in total. The molecule has 0 unspecified atom stereocenters. The molecule has 0 bridgehead atoms. The number of carbonyl (C=O) groups is 1. The molecule has 0 radical (unpaired) electrons. The summed E-state index contributed by atoms with van der Waals surface area (Å²) in [5.41, 5.74) is -0.749. The first-order valence-corrected chi connectivity index (χ1v) is 7.49. The van der Waals surface area contributed by atoms with Gasteiger partial charge in [0.1, 0.15) is 0 Å². The molecule has 0 aliphatic heterocycles. The minimum Gasteiger partial charge on any atom is -0.389 e. The SMILES string of the molecule is CN(CC(C)(C)O)C(=O)Nc1ccccc1SCC(F)(F)F. The van der Waals surface area contributed by atoms with Gasteiger partial charge in [-0.1, -0.05) is 12.1 Å². The number of hydrogen-bond acceptors (Lipinski definition) is 3. The molecule has 0 heterocycles. The second kappa shape index (κ2) is 7.23. The van der Waals surface area contributed by atoms with Crippen LogP contribution in [-0.2, 0) is 0 Å². The van der Waals surface area contributed by atoms with Gasteiger partial charge in [0.15, 0.2) is 0 Å². The van der Waals surface area contributed by atoms with Crippen LogP contribution in [0.5, 0.6) is 0 Å². The van der Waals surface area contributed by atoms with Gasteiger partial charge in [-0.3, -0.25) is 0 Å². The van der Waals surface area contributed by atoms with Gasteiger partial charge in [0, 0.05) is 11.9 Å². The van der Waals surface area contributed by atoms with Crippen LogP contribution >= 0.6 is 11.8 Å². The van der Waals surface area contributed by atoms with Crippen molar-refractivity contribution >= 4 is 23.5 Å². The highest BCUT2D eigenvalue weighted by atomic mass is 32.2. The standard InChI is InChI=1S/C14H19F3N2O2S/c1-13(2,21)8-19(3)12(20)18-10-6-4-5-7-11(10)22-9-14(15,16)17/h4-7,21H,8-9H2,1-3H3,(H,18,20). The number of hydrogen-bond donors (Lipinski definition) is 2. The monoisotopic (exact) mass is 336 g/mol. The molecular weight excluding hydrogens is 317 g/mol. The van der Waals surface area contributed by atoms with Gasteiger partial charge in [-0.15, -0.1) is 11.8 Å². The number of halogens is 3. The minimum atomic E-state index is -4.28. The maximum absolute atomic E-state index is 12.3. The van der Waals surface area contributed by atoms with Gasteiger partial charge >= 0.3 is 12.2 Å². The van der Waals surface area contributed by atoms with Crippen LogP contribution in [-0.4, -0.2) is 47.2 Å². The summed E-state index contributed by atoms with van der Waals surface area (Å²) in [6, 6.07) is 5.79. The van der Waals surface area contributed by atoms with E-state index in [1.54, 1.807) is 26.0 Å². The van der Waals surface area contributed by atoms with Crippen molar-refractivity contribution in [2.75, 3.05) is 24.7 Å². The van der Waals surface area contributed by atoms with E-state index in [0.717, 1.165) is 0 Å². The van der Waals surface area contributed by atoms with Crippen molar-refractivity contribution in [1.29, 1.82) is 0 Å². The highest BCUT2D eigenvalue weighted by Crippen LogP contribution is 2.32. The van der Waals surface area contributed by atoms with Crippen LogP contribution in [0.3, 0.4) is 0 Å². The Kier molecular flexibility index (Phi) is 6.13. The van der Waals surface area contributed by atoms with Crippen molar-refractivity contribution in [2.24, 2.45) is 0 Å². The number of anilines is 1. The zero-order valence-electron chi connectivity index (χ0n) is 12.6. The molecule has 0 aliphatic rings. The number of thioether (sulfide) groups is 1. The van der Waals surface area contributed by atoms with Gasteiger partial charge in [0.2, 0.25) is 0 Å². The predicted octanol–water partition coefficient (Wildman–Crippen LogP) is 3.58. The van der Waals surface area contributed by atoms with Crippen molar-refractivity contribution in [3.8, 4) is 0 Å². The summed E-state index contributed by atoms with van der Waals surface area (Å²) < 4.78 is 36.9. The van der Waals surface area contributed by atoms with Crippen molar-refractivity contribution in [3.63, 3.8) is 0 Å². The topological polar surface area (TPSA) is 52.6 Å². The van der Waals surface area contributed by atoms with Gasteiger partial charge in [-0.05, 0) is 26.0 Å². The summed E-state index contributed by atoms with van der Waals surface area (Å²) in [5, 5.41) is 12.2. The summed E-state index contributed by atoms with van der Waals surface area (Å²) in [6.07, 6.45) is -4.28. The van der Waals surface area contributed by atoms with Gasteiger partial charge < -0.3 is 15.3 Å². The lowest BCUT2D eigenvalue weighted by Gasteiger charge is -2.26. The van der Waals surface area contributed by atoms with Gasteiger partial charge in [0.05, 0.1) is 23.6 Å². The molecule has 0 aliphatic carbocycles. The van der Waals surface area contributed by atoms with Crippen LogP contribution in [0.25, 0.3) is 0 Å². The Hall–Kier alpha value is -1.41. The summed E-state index contributed by atoms with van der Waals surface area (Å²) in [7, 11) is 1.50. The molecule has 0 saturated heterocycles. The number of nitrogens with one attached hydrogen (secondary N) is 1. The number of likely N-dealkylation sites (N-methyl/N-ethyl adjacent to an activating group) is 1. The molecule has 1 rings (SSSR count). The zero-order chi connectivity index (χ0) is 17.0. The molecule has 2 N–H and O–H groups in total. The average molecular weight is 336 g/mol. The maximum atomic E-state index is 12.3. The highest BCUT2D eigenvalue weighted by molar-refractivity contribution is 7.99. The molecule has 0 saturated carbocycles. The first kappa shape index (κ1) is 18.6. The Balaban J connectivity index is 2.75. The lowest BCUT2D eigenvalue weighted by Crippen LogP contribution is -2.41. The minimum absolute atomic E-state index is 0.0939. The first-order chi connectivity index (χ1) is 9.98. The Labute approximate surface area is 131 Å². The molecule has 0 aromatic heterocycles. The first-order valence-electron chi connectivity index (χ1n) is 6.51. The number of rotatable bonds is 5. The number of urea groups is 1. The molecule has 0 atom stereocenters. The van der Waals surface area contributed by atoms with E-state index in [1.807, 2.05) is 0 Å². The van der Waals surface area contributed by atoms with Crippen LogP contribution in [0.1, 0.15) is 13.8 Å². The molecule has 2 amide bonds. The van der Waals surface area contributed by atoms with Crippen molar-refractivity contribution < 1.29 is 23.1 Å². The van der Waals surface area contributed by atoms with E-state index in [4.69, 9.17) is 0 Å². The molecular formula is C14H19F3N2O2S. The predicted molar refractivity (Wildman–Crippen MR) is 81.2 cm³/mol. The van der Waals surface area contributed by atoms with Crippen molar-refractivity contribution in [1.82, 2.24) is 4.90 Å². The number of para-hydroxylation sites is 1. The number of carbonyl (C=O) groups excluding carboxylic acids is 1. The van der Waals surface area contributed by atoms with E-state index < -0.39 is 23.6 Å². The zero-order valence-corrected chi connectivity index (χ0v) is 13.4. The smallest absolute Gasteiger partial charge is 0.389 e. The lowest BCUT2D eigenvalue weighted by molar-refractivity contribution is -0.105. The van der Waals surface area contributed by atoms with Crippen LogP contribution in [0.4, 0.5) is 23.7 Å². The Morgan fingerprint density at radius 3 is 2.45 bits per heavy atom. The molecule has 1 aromatic carbocycles. The fourth-order valence-electron chi connectivity index (χ4n) is 1.72. The lowest BCUT2D eigenvalue weighted by atomic mass is 10.1. The molecule has 0 fully saturated rings. The molecule has 8 heteroatoms. The fourth-order valence-corrected chi connectivity index (χ4v) is 2.49.